The van der Waals surface area contributed by atoms with Gasteiger partial charge in [0.25, 0.3) is 5.69 Å². The topological polar surface area (TPSA) is 113 Å². The lowest BCUT2D eigenvalue weighted by molar-refractivity contribution is -0.385. The largest absolute Gasteiger partial charge is 0.340 e. The van der Waals surface area contributed by atoms with Crippen LogP contribution in [0.1, 0.15) is 12.0 Å². The first-order valence-corrected chi connectivity index (χ1v) is 9.99. The zero-order chi connectivity index (χ0) is 18.9. The van der Waals surface area contributed by atoms with E-state index in [1.807, 2.05) is 0 Å². The fourth-order valence-corrected chi connectivity index (χ4v) is 5.06. The summed E-state index contributed by atoms with van der Waals surface area (Å²) in [5.74, 6) is 0.0377. The molecular formula is C16H23ClN4O5S. The predicted molar refractivity (Wildman–Crippen MR) is 101 cm³/mol. The number of non-ortho nitro benzene ring substituents is 1. The summed E-state index contributed by atoms with van der Waals surface area (Å²) in [5, 5.41) is 14.1. The van der Waals surface area contributed by atoms with Crippen LogP contribution in [0.15, 0.2) is 23.1 Å². The molecule has 1 amide bonds. The maximum absolute atomic E-state index is 12.9. The van der Waals surface area contributed by atoms with Crippen molar-refractivity contribution >= 4 is 34.0 Å². The van der Waals surface area contributed by atoms with Crippen LogP contribution in [-0.4, -0.2) is 67.7 Å². The number of nitrogens with zero attached hydrogens (tertiary/aromatic N) is 3. The van der Waals surface area contributed by atoms with Gasteiger partial charge in [-0.1, -0.05) is 6.07 Å². The lowest BCUT2D eigenvalue weighted by Crippen LogP contribution is -2.52. The molecule has 0 spiro atoms. The summed E-state index contributed by atoms with van der Waals surface area (Å²) in [6.07, 6.45) is 0.810. The highest BCUT2D eigenvalue weighted by Gasteiger charge is 2.34. The van der Waals surface area contributed by atoms with Gasteiger partial charge in [-0.25, -0.2) is 8.42 Å². The number of nitro groups is 1. The zero-order valence-corrected chi connectivity index (χ0v) is 16.6. The number of aryl methyl sites for hydroxylation is 1. The minimum absolute atomic E-state index is 0. The van der Waals surface area contributed by atoms with E-state index in [0.717, 1.165) is 19.0 Å². The van der Waals surface area contributed by atoms with E-state index >= 15 is 0 Å². The Labute approximate surface area is 164 Å². The van der Waals surface area contributed by atoms with Crippen molar-refractivity contribution in [2.24, 2.45) is 5.92 Å². The average Bonchev–Trinajstić information content (AvgIpc) is 3.16. The molecule has 11 heteroatoms. The maximum atomic E-state index is 12.9. The normalized spacial score (nSPS) is 20.9. The molecule has 2 aliphatic heterocycles. The third-order valence-electron chi connectivity index (χ3n) is 4.96. The van der Waals surface area contributed by atoms with Crippen LogP contribution in [0.2, 0.25) is 0 Å². The number of sulfonamides is 1. The highest BCUT2D eigenvalue weighted by atomic mass is 35.5. The van der Waals surface area contributed by atoms with Crippen LogP contribution in [0, 0.1) is 23.0 Å². The van der Waals surface area contributed by atoms with Gasteiger partial charge in [0.15, 0.2) is 0 Å². The molecule has 0 saturated carbocycles. The van der Waals surface area contributed by atoms with E-state index in [0.29, 0.717) is 25.2 Å². The fourth-order valence-electron chi connectivity index (χ4n) is 3.39. The number of hydrogen-bond donors (Lipinski definition) is 1. The van der Waals surface area contributed by atoms with Gasteiger partial charge in [0.2, 0.25) is 15.9 Å². The Hall–Kier alpha value is -1.75. The van der Waals surface area contributed by atoms with Crippen molar-refractivity contribution in [1.82, 2.24) is 14.5 Å². The van der Waals surface area contributed by atoms with Crippen LogP contribution >= 0.6 is 12.4 Å². The van der Waals surface area contributed by atoms with Gasteiger partial charge in [-0.2, -0.15) is 4.31 Å². The minimum Gasteiger partial charge on any atom is -0.340 e. The number of nitrogens with one attached hydrogen (secondary N) is 1. The van der Waals surface area contributed by atoms with Gasteiger partial charge in [0, 0.05) is 44.9 Å². The van der Waals surface area contributed by atoms with E-state index in [-0.39, 0.29) is 47.9 Å². The summed E-state index contributed by atoms with van der Waals surface area (Å²) in [5.41, 5.74) is 0.211. The number of carbonyl (C=O) groups is 1. The molecule has 150 valence electrons. The molecule has 3 rings (SSSR count). The molecule has 0 aromatic heterocycles. The number of amides is 1. The Morgan fingerprint density at radius 2 is 1.93 bits per heavy atom. The van der Waals surface area contributed by atoms with Gasteiger partial charge in [0.05, 0.1) is 15.7 Å². The molecule has 0 aliphatic carbocycles. The van der Waals surface area contributed by atoms with Crippen molar-refractivity contribution in [3.8, 4) is 0 Å². The first kappa shape index (κ1) is 21.5. The molecule has 2 aliphatic rings. The van der Waals surface area contributed by atoms with Gasteiger partial charge in [-0.05, 0) is 25.5 Å². The molecule has 2 fully saturated rings. The number of benzene rings is 1. The summed E-state index contributed by atoms with van der Waals surface area (Å²) in [7, 11) is -3.84. The third kappa shape index (κ3) is 4.40. The Morgan fingerprint density at radius 1 is 1.26 bits per heavy atom. The summed E-state index contributed by atoms with van der Waals surface area (Å²) < 4.78 is 27.1. The van der Waals surface area contributed by atoms with E-state index in [1.54, 1.807) is 11.8 Å². The minimum atomic E-state index is -3.84. The quantitative estimate of drug-likeness (QED) is 0.570. The van der Waals surface area contributed by atoms with Crippen LogP contribution in [0.25, 0.3) is 0 Å². The van der Waals surface area contributed by atoms with Crippen LogP contribution < -0.4 is 5.32 Å². The molecule has 0 radical (unpaired) electrons. The van der Waals surface area contributed by atoms with Crippen molar-refractivity contribution in [3.05, 3.63) is 33.9 Å². The highest BCUT2D eigenvalue weighted by Crippen LogP contribution is 2.26. The predicted octanol–water partition coefficient (Wildman–Crippen LogP) is 0.767. The summed E-state index contributed by atoms with van der Waals surface area (Å²) in [6.45, 7) is 4.17. The standard InChI is InChI=1S/C16H22N4O5S.ClH/c1-12-2-3-14(20(22)23)10-15(12)26(24,25)19-8-6-18(7-9-19)16(21)13-4-5-17-11-13;/h2-3,10,13,17H,4-9,11H2,1H3;1H. The lowest BCUT2D eigenvalue weighted by atomic mass is 10.1. The van der Waals surface area contributed by atoms with Crippen LogP contribution in [0.5, 0.6) is 0 Å². The van der Waals surface area contributed by atoms with Crippen molar-refractivity contribution in [2.75, 3.05) is 39.3 Å². The van der Waals surface area contributed by atoms with E-state index in [9.17, 15) is 23.3 Å². The van der Waals surface area contributed by atoms with Gasteiger partial charge in [-0.15, -0.1) is 12.4 Å². The van der Waals surface area contributed by atoms with Crippen LogP contribution in [0.3, 0.4) is 0 Å². The molecule has 1 unspecified atom stereocenters. The van der Waals surface area contributed by atoms with Crippen LogP contribution in [-0.2, 0) is 14.8 Å². The molecule has 1 aromatic carbocycles. The molecule has 2 saturated heterocycles. The van der Waals surface area contributed by atoms with E-state index in [4.69, 9.17) is 0 Å². The molecule has 0 bridgehead atoms. The number of halogens is 1. The fraction of sp³-hybridized carbons (Fsp3) is 0.562. The summed E-state index contributed by atoms with van der Waals surface area (Å²) in [6, 6.07) is 3.84. The van der Waals surface area contributed by atoms with Crippen molar-refractivity contribution in [2.45, 2.75) is 18.2 Å². The lowest BCUT2D eigenvalue weighted by Gasteiger charge is -2.35. The van der Waals surface area contributed by atoms with Crippen LogP contribution in [0.4, 0.5) is 5.69 Å². The summed E-state index contributed by atoms with van der Waals surface area (Å²) >= 11 is 0. The second-order valence-corrected chi connectivity index (χ2v) is 8.53. The number of hydrogen-bond acceptors (Lipinski definition) is 6. The maximum Gasteiger partial charge on any atom is 0.270 e. The summed E-state index contributed by atoms with van der Waals surface area (Å²) in [4.78, 5) is 24.5. The molecule has 1 aromatic rings. The zero-order valence-electron chi connectivity index (χ0n) is 15.0. The molecule has 2 heterocycles. The number of piperazine rings is 1. The Balaban J connectivity index is 0.00000261. The number of carbonyl (C=O) groups excluding carboxylic acids is 1. The first-order valence-electron chi connectivity index (χ1n) is 8.55. The average molecular weight is 419 g/mol. The number of nitro benzene ring substituents is 1. The monoisotopic (exact) mass is 418 g/mol. The van der Waals surface area contributed by atoms with Crippen molar-refractivity contribution < 1.29 is 18.1 Å². The molecule has 1 N–H and O–H groups in total. The van der Waals surface area contributed by atoms with Crippen molar-refractivity contribution in [3.63, 3.8) is 0 Å². The van der Waals surface area contributed by atoms with Gasteiger partial charge in [0.1, 0.15) is 0 Å². The number of rotatable bonds is 4. The second-order valence-electron chi connectivity index (χ2n) is 6.63. The van der Waals surface area contributed by atoms with E-state index in [1.165, 1.54) is 16.4 Å². The second kappa shape index (κ2) is 8.51. The molecule has 9 nitrogen and oxygen atoms in total. The van der Waals surface area contributed by atoms with Gasteiger partial charge >= 0.3 is 0 Å². The van der Waals surface area contributed by atoms with E-state index < -0.39 is 14.9 Å². The smallest absolute Gasteiger partial charge is 0.270 e. The highest BCUT2D eigenvalue weighted by molar-refractivity contribution is 7.89. The Morgan fingerprint density at radius 3 is 2.48 bits per heavy atom. The SMILES string of the molecule is Cc1ccc([N+](=O)[O-])cc1S(=O)(=O)N1CCN(C(=O)C2CCNC2)CC1.Cl. The molecule has 27 heavy (non-hydrogen) atoms. The third-order valence-corrected chi connectivity index (χ3v) is 7.00. The first-order chi connectivity index (χ1) is 12.3. The van der Waals surface area contributed by atoms with Crippen molar-refractivity contribution in [1.29, 1.82) is 0 Å². The molecule has 1 atom stereocenters. The van der Waals surface area contributed by atoms with Gasteiger partial charge in [-0.3, -0.25) is 14.9 Å². The van der Waals surface area contributed by atoms with E-state index in [2.05, 4.69) is 5.32 Å². The Kier molecular flexibility index (Phi) is 6.79. The van der Waals surface area contributed by atoms with Gasteiger partial charge < -0.3 is 10.2 Å². The molecular weight excluding hydrogens is 396 g/mol. The Bertz CT molecular complexity index is 818.